The van der Waals surface area contributed by atoms with Crippen molar-refractivity contribution in [2.45, 2.75) is 32.9 Å². The number of hydrogen-bond acceptors (Lipinski definition) is 4. The van der Waals surface area contributed by atoms with Gasteiger partial charge in [-0.1, -0.05) is 36.4 Å². The predicted octanol–water partition coefficient (Wildman–Crippen LogP) is 2.74. The number of methoxy groups -OCH3 is 1. The Bertz CT molecular complexity index is 883. The fourth-order valence-electron chi connectivity index (χ4n) is 3.58. The maximum atomic E-state index is 12.8. The molecule has 0 fully saturated rings. The number of amides is 1. The molecule has 1 heterocycles. The van der Waals surface area contributed by atoms with E-state index in [-0.39, 0.29) is 12.5 Å². The molecule has 7 heteroatoms. The number of carbonyl (C=O) groups is 1. The van der Waals surface area contributed by atoms with Crippen molar-refractivity contribution in [3.05, 3.63) is 65.2 Å². The number of rotatable bonds is 10. The molecule has 2 aromatic carbocycles. The van der Waals surface area contributed by atoms with E-state index < -0.39 is 0 Å². The molecule has 3 rings (SSSR count). The first kappa shape index (κ1) is 23.6. The van der Waals surface area contributed by atoms with Crippen molar-refractivity contribution in [3.63, 3.8) is 0 Å². The van der Waals surface area contributed by atoms with Gasteiger partial charge in [-0.3, -0.25) is 4.79 Å². The highest BCUT2D eigenvalue weighted by molar-refractivity contribution is 5.86. The Morgan fingerprint density at radius 2 is 1.88 bits per heavy atom. The van der Waals surface area contributed by atoms with Crippen molar-refractivity contribution in [1.29, 1.82) is 0 Å². The topological polar surface area (TPSA) is 75.2 Å². The van der Waals surface area contributed by atoms with Crippen LogP contribution in [0.15, 0.2) is 53.5 Å². The van der Waals surface area contributed by atoms with Gasteiger partial charge in [0.1, 0.15) is 5.75 Å². The van der Waals surface area contributed by atoms with Crippen molar-refractivity contribution in [3.8, 4) is 5.75 Å². The second-order valence-electron chi connectivity index (χ2n) is 7.68. The maximum Gasteiger partial charge on any atom is 0.242 e. The minimum atomic E-state index is 0.0766. The minimum Gasteiger partial charge on any atom is -0.497 e. The van der Waals surface area contributed by atoms with Crippen LogP contribution < -0.4 is 15.4 Å². The number of ether oxygens (including phenoxy) is 2. The van der Waals surface area contributed by atoms with Crippen LogP contribution in [0.1, 0.15) is 30.0 Å². The van der Waals surface area contributed by atoms with Crippen molar-refractivity contribution in [2.75, 3.05) is 40.0 Å². The van der Waals surface area contributed by atoms with Gasteiger partial charge in [0.05, 0.1) is 20.2 Å². The molecule has 0 radical (unpaired) electrons. The van der Waals surface area contributed by atoms with Crippen molar-refractivity contribution in [2.24, 2.45) is 4.99 Å². The number of carbonyl (C=O) groups excluding carboxylic acids is 1. The first-order valence-corrected chi connectivity index (χ1v) is 11.3. The van der Waals surface area contributed by atoms with Crippen LogP contribution in [0.5, 0.6) is 5.75 Å². The van der Waals surface area contributed by atoms with E-state index in [4.69, 9.17) is 9.47 Å². The molecule has 32 heavy (non-hydrogen) atoms. The summed E-state index contributed by atoms with van der Waals surface area (Å²) < 4.78 is 10.6. The Hall–Kier alpha value is -3.06. The molecule has 1 aliphatic heterocycles. The average Bonchev–Trinajstić information content (AvgIpc) is 2.84. The Morgan fingerprint density at radius 3 is 2.62 bits per heavy atom. The molecular weight excluding hydrogens is 404 g/mol. The number of benzene rings is 2. The van der Waals surface area contributed by atoms with Gasteiger partial charge in [-0.15, -0.1) is 0 Å². The zero-order valence-electron chi connectivity index (χ0n) is 19.1. The van der Waals surface area contributed by atoms with E-state index >= 15 is 0 Å². The third kappa shape index (κ3) is 7.27. The van der Waals surface area contributed by atoms with Crippen LogP contribution in [0.4, 0.5) is 0 Å². The number of fused-ring (bicyclic) bond motifs is 1. The second-order valence-corrected chi connectivity index (χ2v) is 7.68. The number of nitrogens with zero attached hydrogens (tertiary/aromatic N) is 2. The minimum absolute atomic E-state index is 0.0766. The van der Waals surface area contributed by atoms with E-state index in [0.29, 0.717) is 32.3 Å². The summed E-state index contributed by atoms with van der Waals surface area (Å²) in [5, 5.41) is 6.52. The van der Waals surface area contributed by atoms with Crippen LogP contribution in [0.3, 0.4) is 0 Å². The normalized spacial score (nSPS) is 13.4. The van der Waals surface area contributed by atoms with Crippen LogP contribution in [0.2, 0.25) is 0 Å². The van der Waals surface area contributed by atoms with Gasteiger partial charge in [0.15, 0.2) is 5.96 Å². The van der Waals surface area contributed by atoms with Gasteiger partial charge in [0.2, 0.25) is 5.91 Å². The molecule has 172 valence electrons. The molecule has 0 aromatic heterocycles. The molecule has 0 saturated carbocycles. The van der Waals surface area contributed by atoms with Crippen LogP contribution >= 0.6 is 0 Å². The zero-order chi connectivity index (χ0) is 22.6. The highest BCUT2D eigenvalue weighted by Gasteiger charge is 2.20. The van der Waals surface area contributed by atoms with Gasteiger partial charge in [-0.05, 0) is 48.6 Å². The summed E-state index contributed by atoms with van der Waals surface area (Å²) >= 11 is 0. The first-order valence-electron chi connectivity index (χ1n) is 11.3. The quantitative estimate of drug-likeness (QED) is 0.339. The molecular formula is C25H34N4O3. The van der Waals surface area contributed by atoms with Crippen molar-refractivity contribution >= 4 is 11.9 Å². The van der Waals surface area contributed by atoms with Gasteiger partial charge >= 0.3 is 0 Å². The van der Waals surface area contributed by atoms with Crippen molar-refractivity contribution < 1.29 is 14.3 Å². The molecule has 1 amide bonds. The van der Waals surface area contributed by atoms with Crippen LogP contribution in [-0.2, 0) is 29.0 Å². The van der Waals surface area contributed by atoms with E-state index in [2.05, 4.69) is 33.8 Å². The molecule has 0 aliphatic carbocycles. The zero-order valence-corrected chi connectivity index (χ0v) is 19.1. The van der Waals surface area contributed by atoms with E-state index in [1.165, 1.54) is 11.1 Å². The lowest BCUT2D eigenvalue weighted by molar-refractivity contribution is -0.130. The SMILES string of the molecule is CCOCCCNC(=NCc1ccc(OC)cc1)NCC(=O)N1CCc2ccccc2C1. The van der Waals surface area contributed by atoms with Gasteiger partial charge in [0, 0.05) is 32.8 Å². The summed E-state index contributed by atoms with van der Waals surface area (Å²) in [5.74, 6) is 1.52. The van der Waals surface area contributed by atoms with E-state index in [1.54, 1.807) is 7.11 Å². The summed E-state index contributed by atoms with van der Waals surface area (Å²) in [6.07, 6.45) is 1.77. The van der Waals surface area contributed by atoms with Gasteiger partial charge < -0.3 is 25.0 Å². The number of aliphatic imine (C=N–C) groups is 1. The van der Waals surface area contributed by atoms with Gasteiger partial charge in [-0.25, -0.2) is 4.99 Å². The molecule has 0 atom stereocenters. The summed E-state index contributed by atoms with van der Waals surface area (Å²) in [6, 6.07) is 16.2. The van der Waals surface area contributed by atoms with Crippen LogP contribution in [-0.4, -0.2) is 56.7 Å². The van der Waals surface area contributed by atoms with E-state index in [9.17, 15) is 4.79 Å². The van der Waals surface area contributed by atoms with Gasteiger partial charge in [0.25, 0.3) is 0 Å². The predicted molar refractivity (Wildman–Crippen MR) is 127 cm³/mol. The lowest BCUT2D eigenvalue weighted by Gasteiger charge is -2.29. The number of guanidine groups is 1. The Kier molecular flexibility index (Phi) is 9.37. The molecule has 2 aromatic rings. The first-order chi connectivity index (χ1) is 15.7. The number of nitrogens with one attached hydrogen (secondary N) is 2. The molecule has 0 saturated heterocycles. The third-order valence-corrected chi connectivity index (χ3v) is 5.43. The smallest absolute Gasteiger partial charge is 0.242 e. The van der Waals surface area contributed by atoms with Crippen molar-refractivity contribution in [1.82, 2.24) is 15.5 Å². The van der Waals surface area contributed by atoms with Crippen LogP contribution in [0.25, 0.3) is 0 Å². The molecule has 0 bridgehead atoms. The third-order valence-electron chi connectivity index (χ3n) is 5.43. The fraction of sp³-hybridized carbons (Fsp3) is 0.440. The average molecular weight is 439 g/mol. The maximum absolute atomic E-state index is 12.8. The molecule has 2 N–H and O–H groups in total. The lowest BCUT2D eigenvalue weighted by Crippen LogP contribution is -2.46. The highest BCUT2D eigenvalue weighted by atomic mass is 16.5. The summed E-state index contributed by atoms with van der Waals surface area (Å²) in [5.41, 5.74) is 3.64. The summed E-state index contributed by atoms with van der Waals surface area (Å²) in [7, 11) is 1.65. The number of hydrogen-bond donors (Lipinski definition) is 2. The Labute approximate surface area is 190 Å². The largest absolute Gasteiger partial charge is 0.497 e. The monoisotopic (exact) mass is 438 g/mol. The molecule has 7 nitrogen and oxygen atoms in total. The second kappa shape index (κ2) is 12.7. The Morgan fingerprint density at radius 1 is 1.09 bits per heavy atom. The highest BCUT2D eigenvalue weighted by Crippen LogP contribution is 2.18. The summed E-state index contributed by atoms with van der Waals surface area (Å²) in [6.45, 7) is 6.25. The fourth-order valence-corrected chi connectivity index (χ4v) is 3.58. The van der Waals surface area contributed by atoms with Gasteiger partial charge in [-0.2, -0.15) is 0 Å². The standard InChI is InChI=1S/C25H34N4O3/c1-3-32-16-6-14-26-25(27-17-20-9-11-23(31-2)12-10-20)28-18-24(30)29-15-13-21-7-4-5-8-22(21)19-29/h4-5,7-12H,3,6,13-19H2,1-2H3,(H2,26,27,28). The molecule has 1 aliphatic rings. The van der Waals surface area contributed by atoms with Crippen LogP contribution in [0, 0.1) is 0 Å². The lowest BCUT2D eigenvalue weighted by atomic mass is 10.00. The molecule has 0 unspecified atom stereocenters. The Balaban J connectivity index is 1.55. The van der Waals surface area contributed by atoms with E-state index in [1.807, 2.05) is 42.2 Å². The molecule has 0 spiro atoms. The van der Waals surface area contributed by atoms with E-state index in [0.717, 1.165) is 37.2 Å². The summed E-state index contributed by atoms with van der Waals surface area (Å²) in [4.78, 5) is 19.4.